The zero-order valence-electron chi connectivity index (χ0n) is 11.1. The summed E-state index contributed by atoms with van der Waals surface area (Å²) in [6.07, 6.45) is 2.67. The number of nitrogens with two attached hydrogens (primary N) is 1. The molecular weight excluding hydrogens is 276 g/mol. The summed E-state index contributed by atoms with van der Waals surface area (Å²) in [5, 5.41) is 20.0. The fraction of sp³-hybridized carbons (Fsp3) is 0.250. The van der Waals surface area contributed by atoms with E-state index in [1.165, 1.54) is 24.5 Å². The Balaban J connectivity index is 1.94. The zero-order valence-corrected chi connectivity index (χ0v) is 11.1. The molecule has 0 radical (unpaired) electrons. The lowest BCUT2D eigenvalue weighted by atomic mass is 10.1. The Hall–Kier alpha value is -2.97. The van der Waals surface area contributed by atoms with Crippen LogP contribution in [0.5, 0.6) is 0 Å². The van der Waals surface area contributed by atoms with Gasteiger partial charge in [-0.15, -0.1) is 0 Å². The van der Waals surface area contributed by atoms with E-state index in [0.29, 0.717) is 19.4 Å². The molecule has 2 rings (SSSR count). The van der Waals surface area contributed by atoms with Crippen molar-refractivity contribution in [1.82, 2.24) is 20.5 Å². The third-order valence-electron chi connectivity index (χ3n) is 2.84. The second-order valence-corrected chi connectivity index (χ2v) is 4.29. The first-order valence-corrected chi connectivity index (χ1v) is 6.25. The molecule has 2 aromatic rings. The number of nitrogens with zero attached hydrogens (tertiary/aromatic N) is 3. The van der Waals surface area contributed by atoms with Crippen LogP contribution in [0.3, 0.4) is 0 Å². The lowest BCUT2D eigenvalue weighted by molar-refractivity contribution is -0.384. The summed E-state index contributed by atoms with van der Waals surface area (Å²) in [4.78, 5) is 26.2. The van der Waals surface area contributed by atoms with Gasteiger partial charge in [-0.05, 0) is 18.6 Å². The Labute approximate surface area is 119 Å². The minimum absolute atomic E-state index is 0.0330. The first kappa shape index (κ1) is 14.4. The van der Waals surface area contributed by atoms with Crippen LogP contribution in [-0.2, 0) is 6.42 Å². The Bertz CT molecular complexity index is 640. The highest BCUT2D eigenvalue weighted by Gasteiger charge is 2.22. The second-order valence-electron chi connectivity index (χ2n) is 4.29. The molecule has 0 atom stereocenters. The van der Waals surface area contributed by atoms with Gasteiger partial charge < -0.3 is 11.1 Å². The van der Waals surface area contributed by atoms with Gasteiger partial charge in [0.2, 0.25) is 0 Å². The number of hydrogen-bond donors (Lipinski definition) is 3. The number of nitro groups is 1. The van der Waals surface area contributed by atoms with E-state index in [-0.39, 0.29) is 16.9 Å². The molecule has 4 N–H and O–H groups in total. The van der Waals surface area contributed by atoms with E-state index in [4.69, 9.17) is 5.73 Å². The van der Waals surface area contributed by atoms with Crippen LogP contribution in [0, 0.1) is 10.1 Å². The van der Waals surface area contributed by atoms with Gasteiger partial charge >= 0.3 is 5.69 Å². The predicted molar refractivity (Wildman–Crippen MR) is 74.5 cm³/mol. The van der Waals surface area contributed by atoms with Gasteiger partial charge in [0.05, 0.1) is 4.92 Å². The topological polar surface area (TPSA) is 140 Å². The molecule has 0 fully saturated rings. The van der Waals surface area contributed by atoms with Gasteiger partial charge in [0.15, 0.2) is 0 Å². The number of anilines is 1. The monoisotopic (exact) mass is 290 g/mol. The van der Waals surface area contributed by atoms with Gasteiger partial charge in [-0.3, -0.25) is 20.0 Å². The molecule has 9 nitrogen and oxygen atoms in total. The highest BCUT2D eigenvalue weighted by Crippen LogP contribution is 2.25. The van der Waals surface area contributed by atoms with Crippen molar-refractivity contribution in [3.8, 4) is 0 Å². The smallest absolute Gasteiger partial charge is 0.304 e. The highest BCUT2D eigenvalue weighted by atomic mass is 16.6. The first-order valence-electron chi connectivity index (χ1n) is 6.25. The lowest BCUT2D eigenvalue weighted by Gasteiger charge is -2.06. The summed E-state index contributed by atoms with van der Waals surface area (Å²) < 4.78 is 0. The average Bonchev–Trinajstić information content (AvgIpc) is 2.95. The SMILES string of the molecule is Nc1cccc(C(=O)NCCCc2ncn[nH]2)c1[N+](=O)[O-]. The largest absolute Gasteiger partial charge is 0.393 e. The summed E-state index contributed by atoms with van der Waals surface area (Å²) in [5.74, 6) is 0.200. The highest BCUT2D eigenvalue weighted by molar-refractivity contribution is 6.00. The number of benzene rings is 1. The van der Waals surface area contributed by atoms with Crippen molar-refractivity contribution in [3.63, 3.8) is 0 Å². The Kier molecular flexibility index (Phi) is 4.44. The van der Waals surface area contributed by atoms with Gasteiger partial charge in [-0.25, -0.2) is 4.98 Å². The quantitative estimate of drug-likeness (QED) is 0.309. The number of para-hydroxylation sites is 1. The number of amides is 1. The lowest BCUT2D eigenvalue weighted by Crippen LogP contribution is -2.25. The van der Waals surface area contributed by atoms with Crippen molar-refractivity contribution in [1.29, 1.82) is 0 Å². The van der Waals surface area contributed by atoms with Gasteiger partial charge in [0.25, 0.3) is 5.91 Å². The van der Waals surface area contributed by atoms with E-state index in [9.17, 15) is 14.9 Å². The molecule has 0 spiro atoms. The summed E-state index contributed by atoms with van der Waals surface area (Å²) in [5.41, 5.74) is 5.09. The van der Waals surface area contributed by atoms with Crippen LogP contribution >= 0.6 is 0 Å². The van der Waals surface area contributed by atoms with Crippen LogP contribution in [-0.4, -0.2) is 32.6 Å². The zero-order chi connectivity index (χ0) is 15.2. The molecule has 0 aliphatic carbocycles. The molecule has 21 heavy (non-hydrogen) atoms. The van der Waals surface area contributed by atoms with Crippen LogP contribution in [0.2, 0.25) is 0 Å². The van der Waals surface area contributed by atoms with Crippen LogP contribution < -0.4 is 11.1 Å². The number of carbonyl (C=O) groups is 1. The number of aryl methyl sites for hydroxylation is 1. The summed E-state index contributed by atoms with van der Waals surface area (Å²) in [6, 6.07) is 4.27. The number of aromatic nitrogens is 3. The Morgan fingerprint density at radius 3 is 2.95 bits per heavy atom. The van der Waals surface area contributed by atoms with Crippen molar-refractivity contribution in [2.24, 2.45) is 0 Å². The van der Waals surface area contributed by atoms with E-state index in [0.717, 1.165) is 5.82 Å². The molecule has 0 aliphatic heterocycles. The summed E-state index contributed by atoms with van der Waals surface area (Å²) in [7, 11) is 0. The molecule has 0 aliphatic rings. The minimum atomic E-state index is -0.654. The van der Waals surface area contributed by atoms with Gasteiger partial charge in [-0.2, -0.15) is 5.10 Å². The number of H-pyrrole nitrogens is 1. The van der Waals surface area contributed by atoms with Crippen LogP contribution in [0.25, 0.3) is 0 Å². The molecule has 1 amide bonds. The maximum Gasteiger partial charge on any atom is 0.304 e. The minimum Gasteiger partial charge on any atom is -0.393 e. The van der Waals surface area contributed by atoms with Crippen molar-refractivity contribution < 1.29 is 9.72 Å². The van der Waals surface area contributed by atoms with Crippen LogP contribution in [0.4, 0.5) is 11.4 Å². The summed E-state index contributed by atoms with van der Waals surface area (Å²) >= 11 is 0. The fourth-order valence-electron chi connectivity index (χ4n) is 1.85. The normalized spacial score (nSPS) is 10.3. The maximum absolute atomic E-state index is 12.0. The molecule has 0 saturated carbocycles. The molecule has 1 aromatic carbocycles. The fourth-order valence-corrected chi connectivity index (χ4v) is 1.85. The van der Waals surface area contributed by atoms with Gasteiger partial charge in [0, 0.05) is 13.0 Å². The number of nitro benzene ring substituents is 1. The molecule has 110 valence electrons. The van der Waals surface area contributed by atoms with E-state index >= 15 is 0 Å². The molecular formula is C12H14N6O3. The molecule has 0 unspecified atom stereocenters. The van der Waals surface area contributed by atoms with E-state index in [2.05, 4.69) is 20.5 Å². The van der Waals surface area contributed by atoms with Crippen LogP contribution in [0.15, 0.2) is 24.5 Å². The van der Waals surface area contributed by atoms with Crippen molar-refractivity contribution in [2.45, 2.75) is 12.8 Å². The first-order chi connectivity index (χ1) is 10.1. The van der Waals surface area contributed by atoms with E-state index in [1.54, 1.807) is 0 Å². The number of rotatable bonds is 6. The Morgan fingerprint density at radius 1 is 1.48 bits per heavy atom. The standard InChI is InChI=1S/C12H14N6O3/c13-9-4-1-3-8(11(9)18(20)21)12(19)14-6-2-5-10-15-7-16-17-10/h1,3-4,7H,2,5-6,13H2,(H,14,19)(H,15,16,17). The summed E-state index contributed by atoms with van der Waals surface area (Å²) in [6.45, 7) is 0.367. The van der Waals surface area contributed by atoms with Crippen molar-refractivity contribution in [3.05, 3.63) is 46.0 Å². The van der Waals surface area contributed by atoms with Crippen LogP contribution in [0.1, 0.15) is 22.6 Å². The maximum atomic E-state index is 12.0. The molecule has 0 saturated heterocycles. The van der Waals surface area contributed by atoms with Crippen molar-refractivity contribution >= 4 is 17.3 Å². The van der Waals surface area contributed by atoms with E-state index in [1.807, 2.05) is 0 Å². The van der Waals surface area contributed by atoms with E-state index < -0.39 is 10.8 Å². The number of nitrogen functional groups attached to an aromatic ring is 1. The number of nitrogens with one attached hydrogen (secondary N) is 2. The Morgan fingerprint density at radius 2 is 2.29 bits per heavy atom. The number of hydrogen-bond acceptors (Lipinski definition) is 6. The van der Waals surface area contributed by atoms with Crippen molar-refractivity contribution in [2.75, 3.05) is 12.3 Å². The predicted octanol–water partition coefficient (Wildman–Crippen LogP) is 0.658. The average molecular weight is 290 g/mol. The second kappa shape index (κ2) is 6.46. The molecule has 0 bridgehead atoms. The number of carbonyl (C=O) groups excluding carboxylic acids is 1. The number of aromatic amines is 1. The van der Waals surface area contributed by atoms with Gasteiger partial charge in [0.1, 0.15) is 23.4 Å². The van der Waals surface area contributed by atoms with Gasteiger partial charge in [-0.1, -0.05) is 6.07 Å². The molecule has 1 aromatic heterocycles. The molecule has 1 heterocycles. The third-order valence-corrected chi connectivity index (χ3v) is 2.84. The molecule has 9 heteroatoms. The third kappa shape index (κ3) is 3.53.